The van der Waals surface area contributed by atoms with Gasteiger partial charge in [0.2, 0.25) is 0 Å². The van der Waals surface area contributed by atoms with Crippen molar-refractivity contribution < 1.29 is 13.2 Å². The number of nitriles is 2. The minimum Gasteiger partial charge on any atom is -0.307 e. The first-order chi connectivity index (χ1) is 46.1. The molecule has 0 radical (unpaired) electrons. The number of nitrogens with zero attached hydrogens (tertiary/aromatic N) is 8. The van der Waals surface area contributed by atoms with Crippen molar-refractivity contribution in [3.63, 3.8) is 0 Å². The Balaban J connectivity index is 0.987. The molecule has 11 heteroatoms. The van der Waals surface area contributed by atoms with Crippen LogP contribution in [0.1, 0.15) is 16.7 Å². The van der Waals surface area contributed by atoms with Crippen molar-refractivity contribution in [2.75, 3.05) is 0 Å². The van der Waals surface area contributed by atoms with Crippen LogP contribution in [0.4, 0.5) is 13.2 Å². The molecule has 6 aromatic heterocycles. The van der Waals surface area contributed by atoms with Crippen molar-refractivity contribution in [2.45, 2.75) is 6.18 Å². The van der Waals surface area contributed by atoms with Crippen LogP contribution in [0.25, 0.3) is 156 Å². The first-order valence-electron chi connectivity index (χ1n) is 30.6. The molecule has 0 saturated carbocycles. The van der Waals surface area contributed by atoms with E-state index in [0.717, 1.165) is 145 Å². The summed E-state index contributed by atoms with van der Waals surface area (Å²) in [5, 5.41) is 25.4. The normalized spacial score (nSPS) is 11.5. The van der Waals surface area contributed by atoms with Crippen LogP contribution in [0.2, 0.25) is 0 Å². The van der Waals surface area contributed by atoms with Crippen LogP contribution in [0.15, 0.2) is 298 Å². The predicted octanol–water partition coefficient (Wildman–Crippen LogP) is 21.2. The summed E-state index contributed by atoms with van der Waals surface area (Å²) in [5.74, 6) is 0. The Hall–Kier alpha value is -12.8. The van der Waals surface area contributed by atoms with E-state index in [1.807, 2.05) is 171 Å². The Kier molecular flexibility index (Phi) is 13.9. The molecule has 94 heavy (non-hydrogen) atoms. The third-order valence-corrected chi connectivity index (χ3v) is 17.6. The van der Waals surface area contributed by atoms with Crippen LogP contribution >= 0.6 is 0 Å². The highest BCUT2D eigenvalue weighted by atomic mass is 19.4. The number of benzene rings is 10. The van der Waals surface area contributed by atoms with E-state index in [2.05, 4.69) is 124 Å². The maximum atomic E-state index is 15.0. The molecule has 0 amide bonds. The van der Waals surface area contributed by atoms with Crippen LogP contribution in [0, 0.1) is 22.7 Å². The molecule has 10 aromatic carbocycles. The number of rotatable bonds is 11. The van der Waals surface area contributed by atoms with E-state index >= 15 is 0 Å². The van der Waals surface area contributed by atoms with Gasteiger partial charge in [-0.3, -0.25) is 19.9 Å². The first kappa shape index (κ1) is 56.4. The van der Waals surface area contributed by atoms with Crippen molar-refractivity contribution >= 4 is 43.6 Å². The maximum absolute atomic E-state index is 15.0. The predicted molar refractivity (Wildman–Crippen MR) is 370 cm³/mol. The van der Waals surface area contributed by atoms with Gasteiger partial charge in [0.05, 0.1) is 79.4 Å². The van der Waals surface area contributed by atoms with E-state index in [4.69, 9.17) is 19.9 Å². The third-order valence-electron chi connectivity index (χ3n) is 17.6. The molecule has 0 atom stereocenters. The lowest BCUT2D eigenvalue weighted by atomic mass is 9.94. The van der Waals surface area contributed by atoms with Crippen molar-refractivity contribution in [2.24, 2.45) is 0 Å². The number of pyridine rings is 4. The van der Waals surface area contributed by atoms with Gasteiger partial charge in [-0.15, -0.1) is 0 Å². The average Bonchev–Trinajstić information content (AvgIpc) is 1.55. The van der Waals surface area contributed by atoms with Gasteiger partial charge in [-0.05, 0) is 171 Å². The van der Waals surface area contributed by atoms with E-state index in [1.54, 1.807) is 6.07 Å². The van der Waals surface area contributed by atoms with E-state index in [-0.39, 0.29) is 22.3 Å². The van der Waals surface area contributed by atoms with Gasteiger partial charge in [-0.25, -0.2) is 0 Å². The number of halogens is 3. The average molecular weight is 1220 g/mol. The second-order valence-corrected chi connectivity index (χ2v) is 23.2. The molecule has 0 unspecified atom stereocenters. The molecule has 6 heterocycles. The van der Waals surface area contributed by atoms with Crippen LogP contribution < -0.4 is 0 Å². The smallest absolute Gasteiger partial charge is 0.307 e. The highest BCUT2D eigenvalue weighted by molar-refractivity contribution is 6.14. The molecule has 0 spiro atoms. The lowest BCUT2D eigenvalue weighted by Crippen LogP contribution is -2.07. The lowest BCUT2D eigenvalue weighted by molar-refractivity contribution is -0.137. The monoisotopic (exact) mass is 1210 g/mol. The van der Waals surface area contributed by atoms with Gasteiger partial charge in [0.1, 0.15) is 0 Å². The van der Waals surface area contributed by atoms with Gasteiger partial charge in [0.25, 0.3) is 0 Å². The van der Waals surface area contributed by atoms with E-state index in [1.165, 1.54) is 6.07 Å². The quantitative estimate of drug-likeness (QED) is 0.128. The highest BCUT2D eigenvalue weighted by Gasteiger charge is 2.32. The molecule has 442 valence electrons. The Bertz CT molecular complexity index is 5470. The minimum absolute atomic E-state index is 0.0648. The molecular formula is C83H49F3N8. The fraction of sp³-hybridized carbons (Fsp3) is 0.0120. The molecule has 0 fully saturated rings. The number of aromatic nitrogens is 6. The summed E-state index contributed by atoms with van der Waals surface area (Å²) in [4.78, 5) is 19.0. The third kappa shape index (κ3) is 10.3. The van der Waals surface area contributed by atoms with Crippen molar-refractivity contribution in [1.29, 1.82) is 10.5 Å². The van der Waals surface area contributed by atoms with Gasteiger partial charge in [-0.2, -0.15) is 23.7 Å². The maximum Gasteiger partial charge on any atom is 0.416 e. The fourth-order valence-corrected chi connectivity index (χ4v) is 13.1. The summed E-state index contributed by atoms with van der Waals surface area (Å²) >= 11 is 0. The summed E-state index contributed by atoms with van der Waals surface area (Å²) in [6.07, 6.45) is 4.41. The zero-order chi connectivity index (χ0) is 63.4. The summed E-state index contributed by atoms with van der Waals surface area (Å²) in [5.41, 5.74) is 18.4. The topological polar surface area (TPSA) is 109 Å². The molecule has 0 saturated heterocycles. The minimum atomic E-state index is -4.80. The standard InChI is InChI=1S/C83H49F3N8/c84-83(85,86)68-36-52(48-87)35-64(38-68)69-47-82(94-79-26-22-58(62-30-33-91-75(44-62)55-17-9-3-10-18-55)39-70(79)71-40-59(23-27-80(71)94)63-31-34-92-76(45-63)56-19-11-4-12-20-56)81(46-65(69)49-88)93-77-25-21-57(61-29-32-90-74(43-61)54-15-7-2-8-16-54)41-72(77)73-42-60(24-28-78(73)93)67-37-66(50-89-51-67)53-13-5-1-6-14-53/h1-47,50-51H. The molecule has 0 aliphatic rings. The number of fused-ring (bicyclic) bond motifs is 6. The van der Waals surface area contributed by atoms with E-state index in [9.17, 15) is 23.7 Å². The molecule has 0 aliphatic carbocycles. The van der Waals surface area contributed by atoms with Crippen molar-refractivity contribution in [3.05, 3.63) is 315 Å². The summed E-state index contributed by atoms with van der Waals surface area (Å²) in [7, 11) is 0. The molecule has 0 bridgehead atoms. The summed E-state index contributed by atoms with van der Waals surface area (Å²) in [6, 6.07) is 91.4. The molecule has 0 aliphatic heterocycles. The van der Waals surface area contributed by atoms with Crippen molar-refractivity contribution in [3.8, 4) is 124 Å². The Morgan fingerprint density at radius 1 is 0.309 bits per heavy atom. The zero-order valence-corrected chi connectivity index (χ0v) is 50.0. The van der Waals surface area contributed by atoms with Crippen LogP contribution in [0.3, 0.4) is 0 Å². The van der Waals surface area contributed by atoms with Crippen LogP contribution in [-0.2, 0) is 6.18 Å². The first-order valence-corrected chi connectivity index (χ1v) is 30.6. The number of alkyl halides is 3. The van der Waals surface area contributed by atoms with Gasteiger partial charge >= 0.3 is 6.18 Å². The highest BCUT2D eigenvalue weighted by Crippen LogP contribution is 2.46. The Morgan fingerprint density at radius 2 is 0.681 bits per heavy atom. The SMILES string of the molecule is N#Cc1cc(-c2cc(-n3c4ccc(-c5ccnc(-c6ccccc6)c5)cc4c4cc(-c5ccnc(-c6ccccc6)c5)ccc43)c(-n3c4ccc(-c5cncc(-c6ccccc6)c5)cc4c4cc(-c5ccnc(-c6ccccc6)c5)ccc43)cc2C#N)cc(C(F)(F)F)c1. The Morgan fingerprint density at radius 3 is 1.07 bits per heavy atom. The van der Waals surface area contributed by atoms with Crippen molar-refractivity contribution in [1.82, 2.24) is 29.1 Å². The molecule has 0 N–H and O–H groups in total. The lowest BCUT2D eigenvalue weighted by Gasteiger charge is -2.20. The molecule has 16 aromatic rings. The second kappa shape index (κ2) is 23.2. The second-order valence-electron chi connectivity index (χ2n) is 23.2. The molecular weight excluding hydrogens is 1170 g/mol. The van der Waals surface area contributed by atoms with Gasteiger partial charge in [0, 0.05) is 85.9 Å². The van der Waals surface area contributed by atoms with E-state index in [0.29, 0.717) is 11.4 Å². The van der Waals surface area contributed by atoms with Gasteiger partial charge in [-0.1, -0.05) is 146 Å². The van der Waals surface area contributed by atoms with Gasteiger partial charge < -0.3 is 9.13 Å². The number of hydrogen-bond donors (Lipinski definition) is 0. The zero-order valence-electron chi connectivity index (χ0n) is 50.0. The van der Waals surface area contributed by atoms with Crippen LogP contribution in [0.5, 0.6) is 0 Å². The molecule has 16 rings (SSSR count). The van der Waals surface area contributed by atoms with Gasteiger partial charge in [0.15, 0.2) is 0 Å². The van der Waals surface area contributed by atoms with Crippen LogP contribution in [-0.4, -0.2) is 29.1 Å². The molecule has 8 nitrogen and oxygen atoms in total. The summed E-state index contributed by atoms with van der Waals surface area (Å²) < 4.78 is 49.3. The number of hydrogen-bond acceptors (Lipinski definition) is 6. The van der Waals surface area contributed by atoms with E-state index < -0.39 is 11.7 Å². The fourth-order valence-electron chi connectivity index (χ4n) is 13.1. The largest absolute Gasteiger partial charge is 0.416 e. The Labute approximate surface area is 538 Å². The summed E-state index contributed by atoms with van der Waals surface area (Å²) in [6.45, 7) is 0.